The topological polar surface area (TPSA) is 449 Å². The maximum atomic E-state index is 11.6. The summed E-state index contributed by atoms with van der Waals surface area (Å²) in [6.45, 7) is -1.29. The predicted molar refractivity (Wildman–Crippen MR) is 172 cm³/mol. The molecule has 4 aliphatic heterocycles. The molecule has 25 nitrogen and oxygen atoms in total. The molecule has 0 aromatic carbocycles. The van der Waals surface area contributed by atoms with Crippen LogP contribution in [-0.2, 0) is 42.7 Å². The van der Waals surface area contributed by atoms with Crippen LogP contribution in [0.1, 0.15) is 6.42 Å². The number of rotatable bonds is 12. The number of carbonyl (C=O) groups is 1. The Morgan fingerprint density at radius 2 is 1.04 bits per heavy atom. The van der Waals surface area contributed by atoms with Crippen LogP contribution in [0.2, 0.25) is 0 Å². The van der Waals surface area contributed by atoms with Crippen molar-refractivity contribution in [3.8, 4) is 0 Å². The van der Waals surface area contributed by atoms with Gasteiger partial charge in [-0.05, 0) is 6.42 Å². The molecule has 5 rings (SSSR count). The highest BCUT2D eigenvalue weighted by molar-refractivity contribution is 5.73. The van der Waals surface area contributed by atoms with Crippen LogP contribution in [0.3, 0.4) is 0 Å². The summed E-state index contributed by atoms with van der Waals surface area (Å²) in [6, 6.07) is -4.82. The fraction of sp³-hybridized carbons (Fsp3) is 0.966. The van der Waals surface area contributed by atoms with Gasteiger partial charge in [0.25, 0.3) is 0 Å². The third kappa shape index (κ3) is 8.54. The molecule has 0 aromatic heterocycles. The van der Waals surface area contributed by atoms with Gasteiger partial charge in [-0.15, -0.1) is 0 Å². The van der Waals surface area contributed by atoms with E-state index in [0.717, 1.165) is 0 Å². The first-order valence-electron chi connectivity index (χ1n) is 17.4. The van der Waals surface area contributed by atoms with Crippen LogP contribution in [0.15, 0.2) is 0 Å². The molecule has 25 heteroatoms. The van der Waals surface area contributed by atoms with E-state index in [1.54, 1.807) is 0 Å². The van der Waals surface area contributed by atoms with Crippen molar-refractivity contribution in [1.29, 1.82) is 0 Å². The lowest BCUT2D eigenvalue weighted by molar-refractivity contribution is -0.345. The molecule has 4 heterocycles. The lowest BCUT2D eigenvalue weighted by atomic mass is 9.84. The van der Waals surface area contributed by atoms with E-state index in [4.69, 9.17) is 72.3 Å². The molecule has 0 radical (unpaired) electrons. The van der Waals surface area contributed by atoms with Crippen LogP contribution >= 0.6 is 0 Å². The van der Waals surface area contributed by atoms with E-state index in [-0.39, 0.29) is 19.5 Å². The largest absolute Gasteiger partial charge is 0.479 e. The van der Waals surface area contributed by atoms with Crippen LogP contribution in [0.25, 0.3) is 0 Å². The number of nitrogens with two attached hydrogens (primary N) is 6. The highest BCUT2D eigenvalue weighted by atomic mass is 16.8. The number of aliphatic hydroxyl groups excluding tert-OH is 9. The minimum Gasteiger partial charge on any atom is -0.479 e. The zero-order valence-corrected chi connectivity index (χ0v) is 28.8. The summed E-state index contributed by atoms with van der Waals surface area (Å²) in [5, 5.41) is 104. The Kier molecular flexibility index (Phi) is 14.6. The van der Waals surface area contributed by atoms with E-state index in [2.05, 4.69) is 0 Å². The van der Waals surface area contributed by atoms with Gasteiger partial charge in [-0.2, -0.15) is 0 Å². The average molecular weight is 791 g/mol. The number of carboxylic acid groups (broad SMARTS) is 1. The Bertz CT molecular complexity index is 1240. The van der Waals surface area contributed by atoms with E-state index in [1.807, 2.05) is 0 Å². The molecule has 0 spiro atoms. The molecule has 22 N–H and O–H groups in total. The lowest BCUT2D eigenvalue weighted by Crippen LogP contribution is -2.69. The fourth-order valence-electron chi connectivity index (χ4n) is 7.22. The van der Waals surface area contributed by atoms with E-state index in [9.17, 15) is 55.9 Å². The van der Waals surface area contributed by atoms with Crippen LogP contribution in [-0.4, -0.2) is 224 Å². The standard InChI is InChI=1S/C29H54N6O19/c30-2-7-13(38)15(40)10(34)26(47-7)51-21-9(4-36)49-29(19(21)44)53-23-12(37)5(32)1-6(33)20(23)50-27-11(35)22(14(39)8(3-31)48-27)52-28-18(43)16(41)17(42)24(54-28)25(45)46/h5-24,26-29,36-44H,1-4,30-35H2,(H,45,46)/t5-,6+,7+,8-,9-,10-,11-,12+,13-,14-,15-,16?,17?,18?,19-,20-,21-,22-,23-,24?,26-,27-,28?,29+/m1/s1. The first-order valence-corrected chi connectivity index (χ1v) is 17.4. The van der Waals surface area contributed by atoms with Gasteiger partial charge in [0, 0.05) is 25.2 Å². The van der Waals surface area contributed by atoms with Gasteiger partial charge in [0.15, 0.2) is 31.3 Å². The molecule has 54 heavy (non-hydrogen) atoms. The molecule has 5 fully saturated rings. The van der Waals surface area contributed by atoms with Gasteiger partial charge in [0.2, 0.25) is 0 Å². The van der Waals surface area contributed by atoms with Gasteiger partial charge in [-0.1, -0.05) is 0 Å². The maximum absolute atomic E-state index is 11.6. The summed E-state index contributed by atoms with van der Waals surface area (Å²) in [6.07, 6.45) is -32.1. The van der Waals surface area contributed by atoms with Crippen molar-refractivity contribution >= 4 is 5.97 Å². The molecular weight excluding hydrogens is 736 g/mol. The molecule has 314 valence electrons. The predicted octanol–water partition coefficient (Wildman–Crippen LogP) is -11.0. The number of aliphatic hydroxyl groups is 9. The third-order valence-corrected chi connectivity index (χ3v) is 10.4. The first-order chi connectivity index (χ1) is 25.4. The molecule has 24 atom stereocenters. The Morgan fingerprint density at radius 3 is 1.63 bits per heavy atom. The van der Waals surface area contributed by atoms with Gasteiger partial charge in [0.05, 0.1) is 24.8 Å². The highest BCUT2D eigenvalue weighted by Gasteiger charge is 2.56. The summed E-state index contributed by atoms with van der Waals surface area (Å²) in [7, 11) is 0. The summed E-state index contributed by atoms with van der Waals surface area (Å²) in [4.78, 5) is 11.6. The summed E-state index contributed by atoms with van der Waals surface area (Å²) in [5.74, 6) is -1.68. The minimum absolute atomic E-state index is 0.0398. The highest BCUT2D eigenvalue weighted by Crippen LogP contribution is 2.35. The van der Waals surface area contributed by atoms with E-state index in [0.29, 0.717) is 0 Å². The van der Waals surface area contributed by atoms with Crippen molar-refractivity contribution in [1.82, 2.24) is 0 Å². The average Bonchev–Trinajstić information content (AvgIpc) is 3.43. The molecular formula is C29H54N6O19. The van der Waals surface area contributed by atoms with Crippen LogP contribution < -0.4 is 34.4 Å². The van der Waals surface area contributed by atoms with Crippen molar-refractivity contribution in [2.75, 3.05) is 19.7 Å². The number of hydrogen-bond donors (Lipinski definition) is 16. The third-order valence-electron chi connectivity index (χ3n) is 10.4. The van der Waals surface area contributed by atoms with E-state index >= 15 is 0 Å². The molecule has 5 unspecified atom stereocenters. The minimum atomic E-state index is -2.03. The zero-order valence-electron chi connectivity index (χ0n) is 28.8. The molecule has 0 bridgehead atoms. The second-order valence-electron chi connectivity index (χ2n) is 14.1. The lowest BCUT2D eigenvalue weighted by Gasteiger charge is -2.49. The Balaban J connectivity index is 1.33. The summed E-state index contributed by atoms with van der Waals surface area (Å²) in [5.41, 5.74) is 36.4. The molecule has 5 aliphatic rings. The van der Waals surface area contributed by atoms with Crippen molar-refractivity contribution in [2.45, 2.75) is 153 Å². The number of hydrogen-bond acceptors (Lipinski definition) is 24. The fourth-order valence-corrected chi connectivity index (χ4v) is 7.22. The van der Waals surface area contributed by atoms with Gasteiger partial charge >= 0.3 is 5.97 Å². The molecule has 1 saturated carbocycles. The van der Waals surface area contributed by atoms with Gasteiger partial charge in [0.1, 0.15) is 85.5 Å². The first kappa shape index (κ1) is 43.7. The number of ether oxygens (including phenoxy) is 8. The van der Waals surface area contributed by atoms with Crippen molar-refractivity contribution in [3.05, 3.63) is 0 Å². The smallest absolute Gasteiger partial charge is 0.335 e. The van der Waals surface area contributed by atoms with Crippen LogP contribution in [0.5, 0.6) is 0 Å². The van der Waals surface area contributed by atoms with Crippen LogP contribution in [0, 0.1) is 0 Å². The van der Waals surface area contributed by atoms with Crippen molar-refractivity contribution < 1.29 is 93.8 Å². The molecule has 1 aliphatic carbocycles. The SMILES string of the molecule is NC[C@@H]1O[C@H](O[C@H]2[C@@H](O)[C@H](O[C@@H]3[C@@H](O)[C@H](N)C[C@H](N)[C@H]3O[C@H]3O[C@H](CN)[C@@H](O)[C@H](OC4OC(C(=O)O)C(O)C(O)C4O)[C@H]3N)O[C@@H]2CO)[C@H](N)[C@@H](O)[C@@H]1O. The Labute approximate surface area is 307 Å². The molecule has 4 saturated heterocycles. The van der Waals surface area contributed by atoms with E-state index in [1.165, 1.54) is 0 Å². The van der Waals surface area contributed by atoms with Crippen molar-refractivity contribution in [3.63, 3.8) is 0 Å². The second kappa shape index (κ2) is 18.0. The number of aliphatic carboxylic acids is 1. The van der Waals surface area contributed by atoms with Gasteiger partial charge < -0.3 is 123 Å². The van der Waals surface area contributed by atoms with E-state index < -0.39 is 160 Å². The Morgan fingerprint density at radius 1 is 0.519 bits per heavy atom. The summed E-state index contributed by atoms with van der Waals surface area (Å²) < 4.78 is 46.0. The number of carboxylic acids is 1. The second-order valence-corrected chi connectivity index (χ2v) is 14.1. The quantitative estimate of drug-likeness (QED) is 0.0872. The Hall–Kier alpha value is -1.45. The van der Waals surface area contributed by atoms with Gasteiger partial charge in [-0.25, -0.2) is 4.79 Å². The van der Waals surface area contributed by atoms with Crippen molar-refractivity contribution in [2.24, 2.45) is 34.4 Å². The van der Waals surface area contributed by atoms with Gasteiger partial charge in [-0.3, -0.25) is 0 Å². The monoisotopic (exact) mass is 790 g/mol. The maximum Gasteiger partial charge on any atom is 0.335 e. The van der Waals surface area contributed by atoms with Crippen LogP contribution in [0.4, 0.5) is 0 Å². The molecule has 0 amide bonds. The summed E-state index contributed by atoms with van der Waals surface area (Å²) >= 11 is 0. The zero-order chi connectivity index (χ0) is 39.9. The normalized spacial score (nSPS) is 53.0. The molecule has 0 aromatic rings.